The molecule has 2 aromatic carbocycles. The zero-order chi connectivity index (χ0) is 22.3. The Balaban J connectivity index is 2.12. The largest absolute Gasteiger partial charge is 0.497 e. The fourth-order valence-corrected chi connectivity index (χ4v) is 4.58. The molecule has 162 valence electrons. The highest BCUT2D eigenvalue weighted by molar-refractivity contribution is 7.92. The van der Waals surface area contributed by atoms with Crippen molar-refractivity contribution < 1.29 is 23.0 Å². The topological polar surface area (TPSA) is 89.0 Å². The predicted molar refractivity (Wildman–Crippen MR) is 121 cm³/mol. The lowest BCUT2D eigenvalue weighted by Crippen LogP contribution is -2.34. The van der Waals surface area contributed by atoms with Gasteiger partial charge >= 0.3 is 0 Å². The molecular formula is C23H24N2O5S. The van der Waals surface area contributed by atoms with Crippen molar-refractivity contribution in [1.82, 2.24) is 4.98 Å². The number of aliphatic hydroxyl groups excluding tert-OH is 1. The monoisotopic (exact) mass is 440 g/mol. The van der Waals surface area contributed by atoms with Gasteiger partial charge in [0, 0.05) is 18.0 Å². The van der Waals surface area contributed by atoms with E-state index in [0.717, 1.165) is 5.56 Å². The average Bonchev–Trinajstić information content (AvgIpc) is 2.81. The van der Waals surface area contributed by atoms with Crippen LogP contribution in [0.2, 0.25) is 0 Å². The normalized spacial score (nSPS) is 11.5. The molecule has 0 fully saturated rings. The molecule has 0 saturated heterocycles. The van der Waals surface area contributed by atoms with E-state index in [0.29, 0.717) is 22.7 Å². The quantitative estimate of drug-likeness (QED) is 0.548. The minimum atomic E-state index is -3.99. The van der Waals surface area contributed by atoms with Gasteiger partial charge in [0.25, 0.3) is 10.0 Å². The van der Waals surface area contributed by atoms with E-state index in [-0.39, 0.29) is 18.0 Å². The molecule has 0 bridgehead atoms. The Morgan fingerprint density at radius 1 is 0.968 bits per heavy atom. The zero-order valence-corrected chi connectivity index (χ0v) is 18.1. The number of hydrogen-bond acceptors (Lipinski definition) is 6. The lowest BCUT2D eigenvalue weighted by Gasteiger charge is -2.27. The number of pyridine rings is 1. The average molecular weight is 441 g/mol. The molecular weight excluding hydrogens is 416 g/mol. The van der Waals surface area contributed by atoms with Crippen molar-refractivity contribution in [2.45, 2.75) is 4.90 Å². The second-order valence-corrected chi connectivity index (χ2v) is 8.35. The zero-order valence-electron chi connectivity index (χ0n) is 17.3. The van der Waals surface area contributed by atoms with Gasteiger partial charge in [0.15, 0.2) is 0 Å². The van der Waals surface area contributed by atoms with Crippen molar-refractivity contribution in [2.24, 2.45) is 0 Å². The van der Waals surface area contributed by atoms with Gasteiger partial charge < -0.3 is 14.6 Å². The lowest BCUT2D eigenvalue weighted by molar-refractivity contribution is 0.306. The van der Waals surface area contributed by atoms with Gasteiger partial charge in [-0.2, -0.15) is 0 Å². The van der Waals surface area contributed by atoms with Gasteiger partial charge in [-0.15, -0.1) is 0 Å². The number of sulfonamides is 1. The van der Waals surface area contributed by atoms with Gasteiger partial charge in [-0.3, -0.25) is 9.29 Å². The summed E-state index contributed by atoms with van der Waals surface area (Å²) in [6.45, 7) is -0.494. The Bertz CT molecular complexity index is 1130. The molecule has 1 aromatic heterocycles. The third-order valence-corrected chi connectivity index (χ3v) is 6.42. The molecule has 31 heavy (non-hydrogen) atoms. The van der Waals surface area contributed by atoms with Crippen LogP contribution in [-0.4, -0.2) is 45.9 Å². The minimum absolute atomic E-state index is 0.0803. The van der Waals surface area contributed by atoms with Crippen LogP contribution in [0.5, 0.6) is 11.5 Å². The maximum Gasteiger partial charge on any atom is 0.264 e. The third kappa shape index (κ3) is 5.04. The highest BCUT2D eigenvalue weighted by atomic mass is 32.2. The first-order chi connectivity index (χ1) is 15.0. The number of hydrogen-bond donors (Lipinski definition) is 1. The minimum Gasteiger partial charge on any atom is -0.497 e. The molecule has 0 unspecified atom stereocenters. The van der Waals surface area contributed by atoms with Crippen molar-refractivity contribution in [3.05, 3.63) is 78.1 Å². The summed E-state index contributed by atoms with van der Waals surface area (Å²) in [7, 11) is -0.995. The molecule has 3 aromatic rings. The van der Waals surface area contributed by atoms with Crippen LogP contribution in [0.3, 0.4) is 0 Å². The maximum atomic E-state index is 13.5. The van der Waals surface area contributed by atoms with Crippen LogP contribution in [0.4, 0.5) is 5.69 Å². The Morgan fingerprint density at radius 3 is 2.29 bits per heavy atom. The van der Waals surface area contributed by atoms with Crippen molar-refractivity contribution in [1.29, 1.82) is 0 Å². The number of anilines is 1. The fourth-order valence-electron chi connectivity index (χ4n) is 3.08. The highest BCUT2D eigenvalue weighted by Gasteiger charge is 2.28. The number of aliphatic hydroxyl groups is 1. The SMILES string of the molecule is COc1ccc(S(=O)(=O)N(CCO)c2c(/C=C/c3ccncc3)cccc2OC)cc1. The van der Waals surface area contributed by atoms with Gasteiger partial charge in [-0.05, 0) is 48.0 Å². The van der Waals surface area contributed by atoms with Crippen molar-refractivity contribution in [3.8, 4) is 11.5 Å². The fraction of sp³-hybridized carbons (Fsp3) is 0.174. The van der Waals surface area contributed by atoms with Gasteiger partial charge in [0.05, 0.1) is 32.3 Å². The molecule has 0 spiro atoms. The Morgan fingerprint density at radius 2 is 1.68 bits per heavy atom. The molecule has 1 N–H and O–H groups in total. The summed E-state index contributed by atoms with van der Waals surface area (Å²) in [5.41, 5.74) is 1.89. The van der Waals surface area contributed by atoms with Gasteiger partial charge in [-0.1, -0.05) is 24.3 Å². The maximum absolute atomic E-state index is 13.5. The molecule has 0 atom stereocenters. The molecule has 0 aliphatic carbocycles. The van der Waals surface area contributed by atoms with Crippen LogP contribution >= 0.6 is 0 Å². The Labute approximate surface area is 182 Å². The standard InChI is InChI=1S/C23H24N2O5S/c1-29-20-8-10-21(11-9-20)31(27,28)25(16-17-26)23-19(4-3-5-22(23)30-2)7-6-18-12-14-24-15-13-18/h3-15,26H,16-17H2,1-2H3/b7-6+. The second-order valence-electron chi connectivity index (χ2n) is 6.49. The summed E-state index contributed by atoms with van der Waals surface area (Å²) in [4.78, 5) is 4.08. The summed E-state index contributed by atoms with van der Waals surface area (Å²) in [6.07, 6.45) is 7.02. The molecule has 1 heterocycles. The van der Waals surface area contributed by atoms with Crippen molar-refractivity contribution in [3.63, 3.8) is 0 Å². The molecule has 3 rings (SSSR count). The number of aromatic nitrogens is 1. The molecule has 8 heteroatoms. The number of benzene rings is 2. The summed E-state index contributed by atoms with van der Waals surface area (Å²) in [5, 5.41) is 9.66. The first-order valence-electron chi connectivity index (χ1n) is 9.54. The van der Waals surface area contributed by atoms with E-state index in [9.17, 15) is 13.5 Å². The van der Waals surface area contributed by atoms with E-state index >= 15 is 0 Å². The first kappa shape index (κ1) is 22.3. The number of nitrogens with zero attached hydrogens (tertiary/aromatic N) is 2. The summed E-state index contributed by atoms with van der Waals surface area (Å²) in [5.74, 6) is 0.924. The smallest absolute Gasteiger partial charge is 0.264 e. The molecule has 0 radical (unpaired) electrons. The van der Waals surface area contributed by atoms with Crippen LogP contribution in [0, 0.1) is 0 Å². The van der Waals surface area contributed by atoms with Crippen LogP contribution < -0.4 is 13.8 Å². The van der Waals surface area contributed by atoms with Crippen molar-refractivity contribution in [2.75, 3.05) is 31.7 Å². The van der Waals surface area contributed by atoms with E-state index < -0.39 is 10.0 Å². The number of methoxy groups -OCH3 is 2. The number of rotatable bonds is 9. The van der Waals surface area contributed by atoms with E-state index in [1.54, 1.807) is 48.8 Å². The summed E-state index contributed by atoms with van der Waals surface area (Å²) >= 11 is 0. The van der Waals surface area contributed by atoms with Crippen molar-refractivity contribution >= 4 is 27.9 Å². The molecule has 0 aliphatic heterocycles. The Kier molecular flexibility index (Phi) is 7.28. The second kappa shape index (κ2) is 10.1. The third-order valence-electron chi connectivity index (χ3n) is 4.61. The predicted octanol–water partition coefficient (Wildman–Crippen LogP) is 3.46. The van der Waals surface area contributed by atoms with E-state index in [2.05, 4.69) is 4.98 Å². The molecule has 7 nitrogen and oxygen atoms in total. The first-order valence-corrected chi connectivity index (χ1v) is 11.0. The Hall–Kier alpha value is -3.36. The van der Waals surface area contributed by atoms with E-state index in [1.807, 2.05) is 18.2 Å². The van der Waals surface area contributed by atoms with E-state index in [1.165, 1.54) is 30.7 Å². The molecule has 0 amide bonds. The van der Waals surface area contributed by atoms with Crippen LogP contribution in [0.15, 0.2) is 71.9 Å². The lowest BCUT2D eigenvalue weighted by atomic mass is 10.1. The number of ether oxygens (including phenoxy) is 2. The highest BCUT2D eigenvalue weighted by Crippen LogP contribution is 2.37. The van der Waals surface area contributed by atoms with E-state index in [4.69, 9.17) is 9.47 Å². The summed E-state index contributed by atoms with van der Waals surface area (Å²) in [6, 6.07) is 15.1. The van der Waals surface area contributed by atoms with Gasteiger partial charge in [0.2, 0.25) is 0 Å². The van der Waals surface area contributed by atoms with Crippen LogP contribution in [0.1, 0.15) is 11.1 Å². The number of para-hydroxylation sites is 1. The summed E-state index contributed by atoms with van der Waals surface area (Å²) < 4.78 is 38.8. The van der Waals surface area contributed by atoms with Crippen LogP contribution in [-0.2, 0) is 10.0 Å². The molecule has 0 saturated carbocycles. The van der Waals surface area contributed by atoms with Gasteiger partial charge in [-0.25, -0.2) is 8.42 Å². The van der Waals surface area contributed by atoms with Gasteiger partial charge in [0.1, 0.15) is 17.2 Å². The van der Waals surface area contributed by atoms with Crippen LogP contribution in [0.25, 0.3) is 12.2 Å². The molecule has 0 aliphatic rings.